The van der Waals surface area contributed by atoms with E-state index in [4.69, 9.17) is 14.4 Å². The van der Waals surface area contributed by atoms with Crippen LogP contribution in [0.25, 0.3) is 10.2 Å². The molecule has 4 aromatic rings. The monoisotopic (exact) mass is 389 g/mol. The number of fused-ring (bicyclic) bond motifs is 3. The van der Waals surface area contributed by atoms with E-state index in [0.29, 0.717) is 6.54 Å². The van der Waals surface area contributed by atoms with Gasteiger partial charge in [0.05, 0.1) is 18.2 Å². The molecule has 0 radical (unpaired) electrons. The maximum atomic E-state index is 5.58. The minimum atomic E-state index is 0.703. The number of aromatic nitrogens is 2. The van der Waals surface area contributed by atoms with E-state index in [1.807, 2.05) is 29.5 Å². The first-order chi connectivity index (χ1) is 13.8. The molecular formula is C23H23N3OS. The zero-order chi connectivity index (χ0) is 18.9. The highest BCUT2D eigenvalue weighted by atomic mass is 32.1. The number of furan rings is 1. The second kappa shape index (κ2) is 7.40. The van der Waals surface area contributed by atoms with Gasteiger partial charge in [0.25, 0.3) is 0 Å². The Kier molecular flexibility index (Phi) is 4.61. The summed E-state index contributed by atoms with van der Waals surface area (Å²) in [5, 5.41) is 1.26. The molecule has 1 aliphatic rings. The molecule has 0 N–H and O–H groups in total. The fourth-order valence-corrected chi connectivity index (χ4v) is 5.30. The Bertz CT molecular complexity index is 1090. The third-order valence-corrected chi connectivity index (χ3v) is 6.57. The lowest BCUT2D eigenvalue weighted by Gasteiger charge is -2.20. The Hall–Kier alpha value is -2.66. The molecule has 5 heteroatoms. The molecule has 142 valence electrons. The zero-order valence-electron chi connectivity index (χ0n) is 16.0. The van der Waals surface area contributed by atoms with Crippen LogP contribution in [-0.4, -0.2) is 17.0 Å². The molecule has 0 bridgehead atoms. The molecule has 28 heavy (non-hydrogen) atoms. The standard InChI is InChI=1S/C23H23N3OS/c1-26(15-17-10-7-13-27-17)22-21-18-11-5-6-12-19(18)28-23(21)25-20(24-22)14-16-8-3-2-4-9-16/h2-4,7-10,13H,5-6,11-12,14-15H2,1H3. The molecule has 5 rings (SSSR count). The predicted octanol–water partition coefficient (Wildman–Crippen LogP) is 5.39. The van der Waals surface area contributed by atoms with Crippen LogP contribution in [0.1, 0.15) is 40.4 Å². The van der Waals surface area contributed by atoms with Gasteiger partial charge in [0.1, 0.15) is 22.2 Å². The molecular weight excluding hydrogens is 366 g/mol. The summed E-state index contributed by atoms with van der Waals surface area (Å²) < 4.78 is 5.58. The summed E-state index contributed by atoms with van der Waals surface area (Å²) in [5.74, 6) is 2.87. The summed E-state index contributed by atoms with van der Waals surface area (Å²) in [6, 6.07) is 14.4. The average molecular weight is 390 g/mol. The fraction of sp³-hybridized carbons (Fsp3) is 0.304. The lowest BCUT2D eigenvalue weighted by Crippen LogP contribution is -2.19. The molecule has 3 aromatic heterocycles. The molecule has 0 spiro atoms. The van der Waals surface area contributed by atoms with Crippen molar-refractivity contribution in [3.05, 3.63) is 76.3 Å². The normalized spacial score (nSPS) is 13.6. The number of hydrogen-bond acceptors (Lipinski definition) is 5. The van der Waals surface area contributed by atoms with Crippen LogP contribution in [0.2, 0.25) is 0 Å². The van der Waals surface area contributed by atoms with Gasteiger partial charge in [-0.25, -0.2) is 9.97 Å². The van der Waals surface area contributed by atoms with Gasteiger partial charge in [-0.05, 0) is 48.9 Å². The van der Waals surface area contributed by atoms with Crippen molar-refractivity contribution in [1.29, 1.82) is 0 Å². The third kappa shape index (κ3) is 3.31. The van der Waals surface area contributed by atoms with Gasteiger partial charge < -0.3 is 9.32 Å². The maximum absolute atomic E-state index is 5.58. The number of aryl methyl sites for hydroxylation is 2. The smallest absolute Gasteiger partial charge is 0.141 e. The lowest BCUT2D eigenvalue weighted by atomic mass is 9.97. The van der Waals surface area contributed by atoms with Crippen molar-refractivity contribution in [3.8, 4) is 0 Å². The fourth-order valence-electron chi connectivity index (χ4n) is 4.03. The van der Waals surface area contributed by atoms with Gasteiger partial charge in [-0.3, -0.25) is 0 Å². The molecule has 0 aliphatic heterocycles. The molecule has 1 aromatic carbocycles. The first-order valence-corrected chi connectivity index (χ1v) is 10.7. The highest BCUT2D eigenvalue weighted by Gasteiger charge is 2.23. The average Bonchev–Trinajstić information content (AvgIpc) is 3.35. The van der Waals surface area contributed by atoms with Gasteiger partial charge >= 0.3 is 0 Å². The van der Waals surface area contributed by atoms with E-state index in [1.165, 1.54) is 40.7 Å². The molecule has 0 fully saturated rings. The van der Waals surface area contributed by atoms with Gasteiger partial charge in [0, 0.05) is 18.3 Å². The second-order valence-electron chi connectivity index (χ2n) is 7.45. The van der Waals surface area contributed by atoms with Gasteiger partial charge in [0.2, 0.25) is 0 Å². The van der Waals surface area contributed by atoms with Crippen LogP contribution < -0.4 is 4.90 Å². The van der Waals surface area contributed by atoms with E-state index in [0.717, 1.165) is 35.1 Å². The Balaban J connectivity index is 1.60. The van der Waals surface area contributed by atoms with E-state index in [-0.39, 0.29) is 0 Å². The topological polar surface area (TPSA) is 42.2 Å². The minimum absolute atomic E-state index is 0.703. The quantitative estimate of drug-likeness (QED) is 0.459. The summed E-state index contributed by atoms with van der Waals surface area (Å²) >= 11 is 1.86. The van der Waals surface area contributed by atoms with E-state index in [9.17, 15) is 0 Å². The maximum Gasteiger partial charge on any atom is 0.141 e. The van der Waals surface area contributed by atoms with E-state index < -0.39 is 0 Å². The highest BCUT2D eigenvalue weighted by Crippen LogP contribution is 2.40. The van der Waals surface area contributed by atoms with E-state index >= 15 is 0 Å². The molecule has 0 amide bonds. The van der Waals surface area contributed by atoms with Crippen LogP contribution in [0.3, 0.4) is 0 Å². The van der Waals surface area contributed by atoms with E-state index in [2.05, 4.69) is 36.2 Å². The van der Waals surface area contributed by atoms with Crippen LogP contribution in [0.15, 0.2) is 53.1 Å². The van der Waals surface area contributed by atoms with Crippen molar-refractivity contribution in [2.75, 3.05) is 11.9 Å². The summed E-state index contributed by atoms with van der Waals surface area (Å²) in [7, 11) is 2.10. The predicted molar refractivity (Wildman–Crippen MR) is 114 cm³/mol. The van der Waals surface area contributed by atoms with Crippen LogP contribution >= 0.6 is 11.3 Å². The van der Waals surface area contributed by atoms with Crippen LogP contribution in [0.4, 0.5) is 5.82 Å². The van der Waals surface area contributed by atoms with E-state index in [1.54, 1.807) is 6.26 Å². The van der Waals surface area contributed by atoms with Crippen molar-refractivity contribution in [1.82, 2.24) is 9.97 Å². The molecule has 0 unspecified atom stereocenters. The summed E-state index contributed by atoms with van der Waals surface area (Å²) in [6.45, 7) is 0.703. The Morgan fingerprint density at radius 2 is 1.89 bits per heavy atom. The van der Waals surface area contributed by atoms with Crippen LogP contribution in [0, 0.1) is 0 Å². The number of benzene rings is 1. The number of anilines is 1. The first kappa shape index (κ1) is 17.4. The molecule has 3 heterocycles. The second-order valence-corrected chi connectivity index (χ2v) is 8.54. The van der Waals surface area contributed by atoms with Gasteiger partial charge in [-0.1, -0.05) is 30.3 Å². The largest absolute Gasteiger partial charge is 0.467 e. The number of hydrogen-bond donors (Lipinski definition) is 0. The lowest BCUT2D eigenvalue weighted by molar-refractivity contribution is 0.507. The SMILES string of the molecule is CN(Cc1ccco1)c1nc(Cc2ccccc2)nc2sc3c(c12)CCCC3. The van der Waals surface area contributed by atoms with Gasteiger partial charge in [0.15, 0.2) is 0 Å². The summed E-state index contributed by atoms with van der Waals surface area (Å²) in [6.07, 6.45) is 7.32. The van der Waals surface area contributed by atoms with Crippen LogP contribution in [-0.2, 0) is 25.8 Å². The number of nitrogens with zero attached hydrogens (tertiary/aromatic N) is 3. The summed E-state index contributed by atoms with van der Waals surface area (Å²) in [4.78, 5) is 14.9. The minimum Gasteiger partial charge on any atom is -0.467 e. The van der Waals surface area contributed by atoms with Gasteiger partial charge in [-0.15, -0.1) is 11.3 Å². The molecule has 0 saturated heterocycles. The Morgan fingerprint density at radius 3 is 2.71 bits per heavy atom. The van der Waals surface area contributed by atoms with Crippen molar-refractivity contribution < 1.29 is 4.42 Å². The van der Waals surface area contributed by atoms with Crippen LogP contribution in [0.5, 0.6) is 0 Å². The zero-order valence-corrected chi connectivity index (χ0v) is 16.8. The third-order valence-electron chi connectivity index (χ3n) is 5.38. The Labute approximate surface area is 168 Å². The van der Waals surface area contributed by atoms with Gasteiger partial charge in [-0.2, -0.15) is 0 Å². The summed E-state index contributed by atoms with van der Waals surface area (Å²) in [5.41, 5.74) is 2.71. The first-order valence-electron chi connectivity index (χ1n) is 9.86. The molecule has 0 saturated carbocycles. The number of rotatable bonds is 5. The van der Waals surface area contributed by atoms with Crippen molar-refractivity contribution in [2.24, 2.45) is 0 Å². The number of thiophene rings is 1. The molecule has 0 atom stereocenters. The van der Waals surface area contributed by atoms with Crippen molar-refractivity contribution >= 4 is 27.4 Å². The molecule has 4 nitrogen and oxygen atoms in total. The van der Waals surface area contributed by atoms with Crippen molar-refractivity contribution in [3.63, 3.8) is 0 Å². The highest BCUT2D eigenvalue weighted by molar-refractivity contribution is 7.19. The van der Waals surface area contributed by atoms with Crippen molar-refractivity contribution in [2.45, 2.75) is 38.6 Å². The Morgan fingerprint density at radius 1 is 1.04 bits per heavy atom. The molecule has 1 aliphatic carbocycles.